The maximum absolute atomic E-state index is 10.8. The van der Waals surface area contributed by atoms with Gasteiger partial charge in [-0.05, 0) is 29.5 Å². The third kappa shape index (κ3) is 3.72. The lowest BCUT2D eigenvalue weighted by Crippen LogP contribution is -2.03. The summed E-state index contributed by atoms with van der Waals surface area (Å²) in [5.41, 5.74) is 1.80. The lowest BCUT2D eigenvalue weighted by Gasteiger charge is -2.10. The predicted octanol–water partition coefficient (Wildman–Crippen LogP) is 4.04. The van der Waals surface area contributed by atoms with Crippen molar-refractivity contribution in [2.24, 2.45) is 0 Å². The Morgan fingerprint density at radius 3 is 2.48 bits per heavy atom. The van der Waals surface area contributed by atoms with E-state index in [9.17, 15) is 10.1 Å². The first-order valence-corrected chi connectivity index (χ1v) is 8.80. The second-order valence-corrected chi connectivity index (χ2v) is 6.47. The van der Waals surface area contributed by atoms with Gasteiger partial charge in [0.15, 0.2) is 10.3 Å². The molecule has 0 spiro atoms. The van der Waals surface area contributed by atoms with Gasteiger partial charge in [0.2, 0.25) is 0 Å². The molecule has 27 heavy (non-hydrogen) atoms. The van der Waals surface area contributed by atoms with E-state index >= 15 is 0 Å². The number of rotatable bonds is 6. The summed E-state index contributed by atoms with van der Waals surface area (Å²) in [6.07, 6.45) is 5.78. The van der Waals surface area contributed by atoms with Gasteiger partial charge in [0.05, 0.1) is 29.6 Å². The van der Waals surface area contributed by atoms with Crippen LogP contribution in [0.1, 0.15) is 5.76 Å². The number of furan rings is 1. The number of nitrogens with zero attached hydrogens (tertiary/aromatic N) is 5. The molecule has 0 N–H and O–H groups in total. The van der Waals surface area contributed by atoms with Gasteiger partial charge in [0.1, 0.15) is 18.2 Å². The Morgan fingerprint density at radius 1 is 1.04 bits per heavy atom. The van der Waals surface area contributed by atoms with Crippen molar-refractivity contribution in [3.8, 4) is 11.3 Å². The van der Waals surface area contributed by atoms with Crippen LogP contribution in [0.3, 0.4) is 0 Å². The van der Waals surface area contributed by atoms with E-state index in [1.165, 1.54) is 24.2 Å². The van der Waals surface area contributed by atoms with Gasteiger partial charge in [0.25, 0.3) is 0 Å². The van der Waals surface area contributed by atoms with Crippen molar-refractivity contribution >= 4 is 17.4 Å². The fourth-order valence-electron chi connectivity index (χ4n) is 2.53. The van der Waals surface area contributed by atoms with E-state index in [2.05, 4.69) is 15.0 Å². The molecule has 0 unspecified atom stereocenters. The van der Waals surface area contributed by atoms with Crippen LogP contribution >= 0.6 is 11.8 Å². The molecule has 0 bridgehead atoms. The molecular weight excluding hydrogens is 366 g/mol. The van der Waals surface area contributed by atoms with Crippen LogP contribution in [0.4, 0.5) is 5.69 Å². The smallest absolute Gasteiger partial charge is 0.305 e. The van der Waals surface area contributed by atoms with Crippen molar-refractivity contribution < 1.29 is 9.34 Å². The topological polar surface area (TPSA) is 99.9 Å². The Morgan fingerprint density at radius 2 is 1.81 bits per heavy atom. The number of hydrogen-bond acceptors (Lipinski definition) is 7. The lowest BCUT2D eigenvalue weighted by molar-refractivity contribution is -0.385. The first kappa shape index (κ1) is 17.0. The molecular formula is C18H13N5O3S. The number of hydrogen-bond donors (Lipinski definition) is 0. The molecule has 0 saturated heterocycles. The monoisotopic (exact) mass is 379 g/mol. The highest BCUT2D eigenvalue weighted by atomic mass is 32.2. The Labute approximate surface area is 158 Å². The van der Waals surface area contributed by atoms with Gasteiger partial charge in [0, 0.05) is 0 Å². The molecule has 4 rings (SSSR count). The second kappa shape index (κ2) is 7.42. The summed E-state index contributed by atoms with van der Waals surface area (Å²) in [4.78, 5) is 22.8. The standard InChI is InChI=1S/C18H13N5O3S/c24-23(25)14-9-19-17(20-10-14)27-18-21-11-16(13-5-2-1-3-6-13)22(18)12-15-7-4-8-26-15/h1-11H,12H2. The van der Waals surface area contributed by atoms with Gasteiger partial charge < -0.3 is 8.98 Å². The van der Waals surface area contributed by atoms with Crippen LogP contribution in [0.2, 0.25) is 0 Å². The lowest BCUT2D eigenvalue weighted by atomic mass is 10.2. The molecule has 0 saturated carbocycles. The van der Waals surface area contributed by atoms with Gasteiger partial charge >= 0.3 is 5.69 Å². The zero-order valence-electron chi connectivity index (χ0n) is 13.9. The van der Waals surface area contributed by atoms with Crippen LogP contribution in [0.5, 0.6) is 0 Å². The van der Waals surface area contributed by atoms with Crippen LogP contribution in [0, 0.1) is 10.1 Å². The number of imidazole rings is 1. The van der Waals surface area contributed by atoms with E-state index in [0.29, 0.717) is 16.9 Å². The van der Waals surface area contributed by atoms with E-state index in [-0.39, 0.29) is 5.69 Å². The summed E-state index contributed by atoms with van der Waals surface area (Å²) in [6.45, 7) is 0.493. The quantitative estimate of drug-likeness (QED) is 0.283. The van der Waals surface area contributed by atoms with Gasteiger partial charge in [-0.2, -0.15) is 0 Å². The molecule has 0 atom stereocenters. The van der Waals surface area contributed by atoms with Crippen molar-refractivity contribution in [3.63, 3.8) is 0 Å². The number of nitro groups is 1. The van der Waals surface area contributed by atoms with Crippen LogP contribution in [0.25, 0.3) is 11.3 Å². The van der Waals surface area contributed by atoms with Gasteiger partial charge in [-0.1, -0.05) is 30.3 Å². The van der Waals surface area contributed by atoms with E-state index in [4.69, 9.17) is 4.42 Å². The van der Waals surface area contributed by atoms with Gasteiger partial charge in [-0.3, -0.25) is 10.1 Å². The highest BCUT2D eigenvalue weighted by Crippen LogP contribution is 2.30. The molecule has 0 aliphatic heterocycles. The molecule has 0 aliphatic rings. The van der Waals surface area contributed by atoms with E-state index in [0.717, 1.165) is 17.0 Å². The Hall–Kier alpha value is -3.46. The van der Waals surface area contributed by atoms with Crippen molar-refractivity contribution in [3.05, 3.63) is 83.2 Å². The van der Waals surface area contributed by atoms with E-state index in [1.807, 2.05) is 47.0 Å². The molecule has 0 radical (unpaired) electrons. The number of aromatic nitrogens is 4. The minimum absolute atomic E-state index is 0.150. The van der Waals surface area contributed by atoms with Crippen molar-refractivity contribution in [2.75, 3.05) is 0 Å². The summed E-state index contributed by atoms with van der Waals surface area (Å²) in [7, 11) is 0. The molecule has 3 heterocycles. The molecule has 1 aromatic carbocycles. The molecule has 134 valence electrons. The molecule has 9 heteroatoms. The third-order valence-corrected chi connectivity index (χ3v) is 4.69. The SMILES string of the molecule is O=[N+]([O-])c1cnc(Sc2ncc(-c3ccccc3)n2Cc2ccco2)nc1. The van der Waals surface area contributed by atoms with Gasteiger partial charge in [-0.15, -0.1) is 0 Å². The average molecular weight is 379 g/mol. The van der Waals surface area contributed by atoms with Crippen molar-refractivity contribution in [2.45, 2.75) is 16.9 Å². The summed E-state index contributed by atoms with van der Waals surface area (Å²) >= 11 is 1.24. The minimum Gasteiger partial charge on any atom is -0.467 e. The summed E-state index contributed by atoms with van der Waals surface area (Å²) < 4.78 is 7.48. The highest BCUT2D eigenvalue weighted by molar-refractivity contribution is 7.99. The van der Waals surface area contributed by atoms with Crippen LogP contribution in [-0.4, -0.2) is 24.4 Å². The molecule has 3 aromatic heterocycles. The zero-order valence-corrected chi connectivity index (χ0v) is 14.7. The maximum atomic E-state index is 10.8. The fraction of sp³-hybridized carbons (Fsp3) is 0.0556. The average Bonchev–Trinajstić information content (AvgIpc) is 3.34. The van der Waals surface area contributed by atoms with E-state index < -0.39 is 4.92 Å². The maximum Gasteiger partial charge on any atom is 0.305 e. The first-order valence-electron chi connectivity index (χ1n) is 7.98. The Bertz CT molecular complexity index is 1050. The predicted molar refractivity (Wildman–Crippen MR) is 98.3 cm³/mol. The molecule has 0 aliphatic carbocycles. The molecule has 0 amide bonds. The summed E-state index contributed by atoms with van der Waals surface area (Å²) in [6, 6.07) is 13.6. The van der Waals surface area contributed by atoms with Crippen LogP contribution in [-0.2, 0) is 6.54 Å². The third-order valence-electron chi connectivity index (χ3n) is 3.79. The zero-order chi connectivity index (χ0) is 18.6. The fourth-order valence-corrected chi connectivity index (χ4v) is 3.28. The number of benzene rings is 1. The molecule has 4 aromatic rings. The van der Waals surface area contributed by atoms with Crippen LogP contribution in [0.15, 0.2) is 82.0 Å². The largest absolute Gasteiger partial charge is 0.467 e. The summed E-state index contributed by atoms with van der Waals surface area (Å²) in [5.74, 6) is 0.789. The Kier molecular flexibility index (Phi) is 4.67. The van der Waals surface area contributed by atoms with E-state index in [1.54, 1.807) is 12.5 Å². The molecule has 8 nitrogen and oxygen atoms in total. The van der Waals surface area contributed by atoms with Crippen LogP contribution < -0.4 is 0 Å². The Balaban J connectivity index is 1.69. The molecule has 0 fully saturated rings. The minimum atomic E-state index is -0.528. The highest BCUT2D eigenvalue weighted by Gasteiger charge is 2.16. The van der Waals surface area contributed by atoms with Crippen molar-refractivity contribution in [1.82, 2.24) is 19.5 Å². The first-order chi connectivity index (χ1) is 13.2. The van der Waals surface area contributed by atoms with Gasteiger partial charge in [-0.25, -0.2) is 15.0 Å². The summed E-state index contributed by atoms with van der Waals surface area (Å²) in [5, 5.41) is 11.8. The normalized spacial score (nSPS) is 10.8. The van der Waals surface area contributed by atoms with Crippen molar-refractivity contribution in [1.29, 1.82) is 0 Å². The second-order valence-electron chi connectivity index (χ2n) is 5.54.